The molecule has 54 heavy (non-hydrogen) atoms. The number of esters is 2. The van der Waals surface area contributed by atoms with Crippen molar-refractivity contribution in [1.82, 2.24) is 0 Å². The van der Waals surface area contributed by atoms with Crippen LogP contribution < -0.4 is 0 Å². The van der Waals surface area contributed by atoms with Crippen LogP contribution in [0.3, 0.4) is 0 Å². The van der Waals surface area contributed by atoms with Crippen LogP contribution in [0, 0.1) is 0 Å². The number of aliphatic hydroxyl groups is 1. The maximum atomic E-state index is 12.2. The van der Waals surface area contributed by atoms with Crippen molar-refractivity contribution in [1.29, 1.82) is 0 Å². The van der Waals surface area contributed by atoms with Crippen LogP contribution in [0.15, 0.2) is 24.3 Å². The number of allylic oxidation sites excluding steroid dienone is 4. The molecule has 0 saturated heterocycles. The van der Waals surface area contributed by atoms with Crippen molar-refractivity contribution in [2.75, 3.05) is 13.2 Å². The van der Waals surface area contributed by atoms with E-state index < -0.39 is 6.10 Å². The molecule has 318 valence electrons. The molecule has 5 nitrogen and oxygen atoms in total. The van der Waals surface area contributed by atoms with Gasteiger partial charge in [0.1, 0.15) is 6.61 Å². The number of hydrogen-bond donors (Lipinski definition) is 1. The zero-order chi connectivity index (χ0) is 39.3. The number of aliphatic hydroxyl groups excluding tert-OH is 1. The summed E-state index contributed by atoms with van der Waals surface area (Å²) >= 11 is 0. The van der Waals surface area contributed by atoms with E-state index >= 15 is 0 Å². The van der Waals surface area contributed by atoms with E-state index in [2.05, 4.69) is 38.2 Å². The number of carbonyl (C=O) groups excluding carboxylic acids is 2. The highest BCUT2D eigenvalue weighted by Gasteiger charge is 2.16. The number of ether oxygens (including phenoxy) is 2. The van der Waals surface area contributed by atoms with Gasteiger partial charge in [-0.3, -0.25) is 9.59 Å². The van der Waals surface area contributed by atoms with Gasteiger partial charge in [0.2, 0.25) is 0 Å². The van der Waals surface area contributed by atoms with E-state index in [1.54, 1.807) is 0 Å². The summed E-state index contributed by atoms with van der Waals surface area (Å²) in [7, 11) is 0. The van der Waals surface area contributed by atoms with Gasteiger partial charge in [0.15, 0.2) is 6.10 Å². The Morgan fingerprint density at radius 1 is 0.407 bits per heavy atom. The van der Waals surface area contributed by atoms with Crippen molar-refractivity contribution in [3.05, 3.63) is 24.3 Å². The van der Waals surface area contributed by atoms with Crippen LogP contribution in [0.2, 0.25) is 0 Å². The zero-order valence-electron chi connectivity index (χ0n) is 36.3. The lowest BCUT2D eigenvalue weighted by atomic mass is 10.0. The van der Waals surface area contributed by atoms with Crippen molar-refractivity contribution in [3.8, 4) is 0 Å². The third-order valence-electron chi connectivity index (χ3n) is 10.7. The van der Waals surface area contributed by atoms with Gasteiger partial charge in [-0.1, -0.05) is 205 Å². The van der Waals surface area contributed by atoms with E-state index in [0.717, 1.165) is 38.5 Å². The summed E-state index contributed by atoms with van der Waals surface area (Å²) < 4.78 is 10.7. The molecular formula is C49H92O5. The van der Waals surface area contributed by atoms with E-state index in [1.165, 1.54) is 193 Å². The van der Waals surface area contributed by atoms with Gasteiger partial charge < -0.3 is 14.6 Å². The summed E-state index contributed by atoms with van der Waals surface area (Å²) in [6, 6.07) is 0. The predicted octanol–water partition coefficient (Wildman–Crippen LogP) is 15.4. The Hall–Kier alpha value is -1.62. The second kappa shape index (κ2) is 45.8. The molecule has 0 aliphatic heterocycles. The molecule has 0 unspecified atom stereocenters. The molecule has 0 amide bonds. The average molecular weight is 761 g/mol. The number of rotatable bonds is 44. The van der Waals surface area contributed by atoms with Crippen molar-refractivity contribution in [2.24, 2.45) is 0 Å². The quantitative estimate of drug-likeness (QED) is 0.0380. The fourth-order valence-electron chi connectivity index (χ4n) is 7.07. The Labute approximate surface area is 336 Å². The van der Waals surface area contributed by atoms with Crippen molar-refractivity contribution in [3.63, 3.8) is 0 Å². The van der Waals surface area contributed by atoms with Crippen LogP contribution in [-0.2, 0) is 19.1 Å². The topological polar surface area (TPSA) is 72.8 Å². The number of carbonyl (C=O) groups is 2. The van der Waals surface area contributed by atoms with Gasteiger partial charge in [-0.2, -0.15) is 0 Å². The van der Waals surface area contributed by atoms with E-state index in [0.29, 0.717) is 12.8 Å². The lowest BCUT2D eigenvalue weighted by molar-refractivity contribution is -0.161. The maximum Gasteiger partial charge on any atom is 0.306 e. The fraction of sp³-hybridized carbons (Fsp3) is 0.878. The summed E-state index contributed by atoms with van der Waals surface area (Å²) in [5, 5.41) is 9.61. The third kappa shape index (κ3) is 43.1. The van der Waals surface area contributed by atoms with Gasteiger partial charge in [-0.15, -0.1) is 0 Å². The molecule has 0 bridgehead atoms. The molecule has 0 saturated carbocycles. The van der Waals surface area contributed by atoms with Crippen LogP contribution >= 0.6 is 0 Å². The monoisotopic (exact) mass is 761 g/mol. The van der Waals surface area contributed by atoms with Crippen LogP contribution in [0.4, 0.5) is 0 Å². The minimum atomic E-state index is -0.769. The summed E-state index contributed by atoms with van der Waals surface area (Å²) in [4.78, 5) is 24.4. The van der Waals surface area contributed by atoms with Crippen LogP contribution in [0.25, 0.3) is 0 Å². The zero-order valence-corrected chi connectivity index (χ0v) is 36.3. The van der Waals surface area contributed by atoms with Crippen LogP contribution in [0.5, 0.6) is 0 Å². The molecule has 0 aliphatic carbocycles. The Morgan fingerprint density at radius 2 is 0.685 bits per heavy atom. The van der Waals surface area contributed by atoms with E-state index in [9.17, 15) is 14.7 Å². The first-order valence-electron chi connectivity index (χ1n) is 23.9. The molecule has 0 aromatic carbocycles. The first kappa shape index (κ1) is 52.4. The highest BCUT2D eigenvalue weighted by atomic mass is 16.6. The molecule has 5 heteroatoms. The van der Waals surface area contributed by atoms with Gasteiger partial charge in [0.25, 0.3) is 0 Å². The molecule has 0 heterocycles. The van der Waals surface area contributed by atoms with Gasteiger partial charge in [-0.05, 0) is 64.2 Å². The minimum Gasteiger partial charge on any atom is -0.462 e. The Kier molecular flexibility index (Phi) is 44.4. The highest BCUT2D eigenvalue weighted by Crippen LogP contribution is 2.15. The fourth-order valence-corrected chi connectivity index (χ4v) is 7.07. The maximum absolute atomic E-state index is 12.2. The Balaban J connectivity index is 3.48. The molecule has 0 fully saturated rings. The van der Waals surface area contributed by atoms with Gasteiger partial charge in [0, 0.05) is 12.8 Å². The Morgan fingerprint density at radius 3 is 1.00 bits per heavy atom. The first-order chi connectivity index (χ1) is 26.6. The molecule has 1 atom stereocenters. The molecule has 0 rings (SSSR count). The van der Waals surface area contributed by atoms with Gasteiger partial charge >= 0.3 is 11.9 Å². The summed E-state index contributed by atoms with van der Waals surface area (Å²) in [5.41, 5.74) is 0. The lowest BCUT2D eigenvalue weighted by Gasteiger charge is -2.15. The number of hydrogen-bond acceptors (Lipinski definition) is 5. The molecule has 0 aliphatic rings. The second-order valence-corrected chi connectivity index (χ2v) is 16.2. The molecular weight excluding hydrogens is 669 g/mol. The number of unbranched alkanes of at least 4 members (excludes halogenated alkanes) is 32. The summed E-state index contributed by atoms with van der Waals surface area (Å²) in [5.74, 6) is -0.582. The lowest BCUT2D eigenvalue weighted by Crippen LogP contribution is -2.28. The van der Waals surface area contributed by atoms with Crippen molar-refractivity contribution < 1.29 is 24.2 Å². The van der Waals surface area contributed by atoms with E-state index in [1.807, 2.05) is 0 Å². The molecule has 0 aromatic heterocycles. The normalized spacial score (nSPS) is 12.3. The largest absolute Gasteiger partial charge is 0.462 e. The van der Waals surface area contributed by atoms with E-state index in [4.69, 9.17) is 9.47 Å². The average Bonchev–Trinajstić information content (AvgIpc) is 3.17. The Bertz CT molecular complexity index is 821. The van der Waals surface area contributed by atoms with Gasteiger partial charge in [0.05, 0.1) is 6.61 Å². The summed E-state index contributed by atoms with van der Waals surface area (Å²) in [6.45, 7) is 4.16. The minimum absolute atomic E-state index is 0.0631. The second-order valence-electron chi connectivity index (χ2n) is 16.2. The summed E-state index contributed by atoms with van der Waals surface area (Å²) in [6.07, 6.45) is 55.4. The highest BCUT2D eigenvalue weighted by molar-refractivity contribution is 5.70. The van der Waals surface area contributed by atoms with E-state index in [-0.39, 0.29) is 25.2 Å². The first-order valence-corrected chi connectivity index (χ1v) is 23.9. The third-order valence-corrected chi connectivity index (χ3v) is 10.7. The molecule has 0 radical (unpaired) electrons. The van der Waals surface area contributed by atoms with Crippen molar-refractivity contribution >= 4 is 11.9 Å². The van der Waals surface area contributed by atoms with Crippen LogP contribution in [-0.4, -0.2) is 36.4 Å². The SMILES string of the molecule is CCCCCCCC/C=C\CCCCCCCCCCCCCC(=O)O[C@@H](CO)COC(=O)CCCCCCCCCCC/C=C\CCCCCCCC. The standard InChI is InChI=1S/C49H92O5/c1-3-5-7-9-11-13-15-17-19-21-23-24-26-28-30-32-34-36-38-40-42-44-49(52)54-47(45-50)46-53-48(51)43-41-39-37-35-33-31-29-27-25-22-20-18-16-14-12-10-8-6-4-2/h17-20,47,50H,3-16,21-46H2,1-2H3/b19-17-,20-18-/t47-/m0/s1. The van der Waals surface area contributed by atoms with Crippen LogP contribution in [0.1, 0.15) is 258 Å². The molecule has 1 N–H and O–H groups in total. The predicted molar refractivity (Wildman–Crippen MR) is 233 cm³/mol. The van der Waals surface area contributed by atoms with Gasteiger partial charge in [-0.25, -0.2) is 0 Å². The smallest absolute Gasteiger partial charge is 0.306 e. The van der Waals surface area contributed by atoms with Crippen molar-refractivity contribution in [2.45, 2.75) is 264 Å². The molecule has 0 aromatic rings. The molecule has 0 spiro atoms.